The molecule has 1 N–H and O–H groups in total. The number of hydrogen-bond acceptors (Lipinski definition) is 4. The van der Waals surface area contributed by atoms with Gasteiger partial charge in [0.15, 0.2) is 0 Å². The predicted molar refractivity (Wildman–Crippen MR) is 147 cm³/mol. The molecule has 1 fully saturated rings. The molecule has 0 atom stereocenters. The number of ether oxygens (including phenoxy) is 1. The highest BCUT2D eigenvalue weighted by molar-refractivity contribution is 5.99. The highest BCUT2D eigenvalue weighted by Gasteiger charge is 2.17. The lowest BCUT2D eigenvalue weighted by molar-refractivity contribution is -0.117. The molecule has 35 heavy (non-hydrogen) atoms. The van der Waals surface area contributed by atoms with Gasteiger partial charge in [-0.15, -0.1) is 0 Å². The summed E-state index contributed by atoms with van der Waals surface area (Å²) in [5, 5.41) is 2.96. The number of pyridine rings is 1. The number of nitrogens with one attached hydrogen (secondary N) is 1. The number of aromatic nitrogens is 1. The van der Waals surface area contributed by atoms with Crippen LogP contribution in [0.1, 0.15) is 62.9 Å². The van der Waals surface area contributed by atoms with Gasteiger partial charge in [0.2, 0.25) is 0 Å². The largest absolute Gasteiger partial charge is 0.378 e. The van der Waals surface area contributed by atoms with Gasteiger partial charge in [0, 0.05) is 37.1 Å². The van der Waals surface area contributed by atoms with Gasteiger partial charge in [0.05, 0.1) is 18.9 Å². The van der Waals surface area contributed by atoms with E-state index in [1.807, 2.05) is 32.2 Å². The van der Waals surface area contributed by atoms with E-state index in [0.717, 1.165) is 68.1 Å². The summed E-state index contributed by atoms with van der Waals surface area (Å²) in [5.74, 6) is 0.0302. The normalized spacial score (nSPS) is 16.8. The van der Waals surface area contributed by atoms with Crippen molar-refractivity contribution < 1.29 is 9.53 Å². The number of benzene rings is 1. The molecule has 5 nitrogen and oxygen atoms in total. The summed E-state index contributed by atoms with van der Waals surface area (Å²) in [6.07, 6.45) is 9.85. The first-order chi connectivity index (χ1) is 17.0. The van der Waals surface area contributed by atoms with Gasteiger partial charge in [0.25, 0.3) is 5.91 Å². The molecule has 0 bridgehead atoms. The van der Waals surface area contributed by atoms with Crippen molar-refractivity contribution in [2.75, 3.05) is 37.7 Å². The van der Waals surface area contributed by atoms with Crippen LogP contribution >= 0.6 is 0 Å². The molecule has 186 valence electrons. The number of carbonyl (C=O) groups excluding carboxylic acids is 1. The highest BCUT2D eigenvalue weighted by Crippen LogP contribution is 2.24. The second-order valence-corrected chi connectivity index (χ2v) is 8.65. The first kappa shape index (κ1) is 26.4. The Balaban J connectivity index is 0.00000167. The summed E-state index contributed by atoms with van der Waals surface area (Å²) in [6.45, 7) is 14.5. The lowest BCUT2D eigenvalue weighted by atomic mass is 9.95. The van der Waals surface area contributed by atoms with Crippen LogP contribution in [0.5, 0.6) is 0 Å². The topological polar surface area (TPSA) is 54.5 Å². The summed E-state index contributed by atoms with van der Waals surface area (Å²) < 4.78 is 5.46. The second-order valence-electron chi connectivity index (χ2n) is 8.65. The maximum absolute atomic E-state index is 12.4. The Labute approximate surface area is 210 Å². The molecule has 2 aliphatic rings. The number of carbonyl (C=O) groups is 1. The molecular formula is C30H39N3O2. The van der Waals surface area contributed by atoms with Crippen LogP contribution in [-0.2, 0) is 9.53 Å². The summed E-state index contributed by atoms with van der Waals surface area (Å²) in [7, 11) is 0. The van der Waals surface area contributed by atoms with E-state index in [2.05, 4.69) is 72.4 Å². The van der Waals surface area contributed by atoms with E-state index in [1.165, 1.54) is 22.4 Å². The fourth-order valence-electron chi connectivity index (χ4n) is 4.38. The van der Waals surface area contributed by atoms with Crippen LogP contribution in [0.15, 0.2) is 53.8 Å². The smallest absolute Gasteiger partial charge is 0.251 e. The number of aryl methyl sites for hydroxylation is 1. The van der Waals surface area contributed by atoms with Crippen molar-refractivity contribution in [2.45, 2.75) is 47.5 Å². The first-order valence-electron chi connectivity index (χ1n) is 12.8. The molecule has 1 saturated heterocycles. The first-order valence-corrected chi connectivity index (χ1v) is 12.8. The van der Waals surface area contributed by atoms with Crippen molar-refractivity contribution in [1.29, 1.82) is 0 Å². The third-order valence-corrected chi connectivity index (χ3v) is 6.43. The molecule has 0 aliphatic carbocycles. The van der Waals surface area contributed by atoms with Gasteiger partial charge in [0.1, 0.15) is 0 Å². The van der Waals surface area contributed by atoms with E-state index in [1.54, 1.807) is 0 Å². The van der Waals surface area contributed by atoms with Crippen molar-refractivity contribution in [1.82, 2.24) is 10.3 Å². The van der Waals surface area contributed by atoms with Crippen molar-refractivity contribution in [3.8, 4) is 0 Å². The molecular weight excluding hydrogens is 434 g/mol. The zero-order valence-corrected chi connectivity index (χ0v) is 21.9. The van der Waals surface area contributed by atoms with Gasteiger partial charge in [-0.05, 0) is 85.4 Å². The molecule has 0 spiro atoms. The zero-order chi connectivity index (χ0) is 25.2. The van der Waals surface area contributed by atoms with Gasteiger partial charge in [-0.1, -0.05) is 38.5 Å². The van der Waals surface area contributed by atoms with Crippen LogP contribution < -0.4 is 10.2 Å². The SMILES string of the molecule is CC.CCC1=C(/C=C(\C)c2ccnc(/C=C/c3ccc(N4CCOCC4)cc3C)c2)C(=O)NCC1. The van der Waals surface area contributed by atoms with Gasteiger partial charge >= 0.3 is 0 Å². The van der Waals surface area contributed by atoms with Crippen LogP contribution in [0, 0.1) is 6.92 Å². The summed E-state index contributed by atoms with van der Waals surface area (Å²) in [4.78, 5) is 19.3. The predicted octanol–water partition coefficient (Wildman–Crippen LogP) is 6.05. The third kappa shape index (κ3) is 6.92. The Morgan fingerprint density at radius 1 is 1.14 bits per heavy atom. The van der Waals surface area contributed by atoms with Crippen molar-refractivity contribution in [2.24, 2.45) is 0 Å². The Morgan fingerprint density at radius 3 is 2.63 bits per heavy atom. The molecule has 0 radical (unpaired) electrons. The van der Waals surface area contributed by atoms with Crippen LogP contribution in [-0.4, -0.2) is 43.7 Å². The summed E-state index contributed by atoms with van der Waals surface area (Å²) >= 11 is 0. The van der Waals surface area contributed by atoms with E-state index >= 15 is 0 Å². The van der Waals surface area contributed by atoms with Crippen LogP contribution in [0.25, 0.3) is 17.7 Å². The fraction of sp³-hybridized carbons (Fsp3) is 0.400. The summed E-state index contributed by atoms with van der Waals surface area (Å²) in [5.41, 5.74) is 8.75. The Morgan fingerprint density at radius 2 is 1.91 bits per heavy atom. The molecule has 2 aliphatic heterocycles. The maximum Gasteiger partial charge on any atom is 0.251 e. The molecule has 4 rings (SSSR count). The van der Waals surface area contributed by atoms with E-state index in [0.29, 0.717) is 0 Å². The van der Waals surface area contributed by atoms with E-state index in [9.17, 15) is 4.79 Å². The van der Waals surface area contributed by atoms with E-state index in [-0.39, 0.29) is 5.91 Å². The summed E-state index contributed by atoms with van der Waals surface area (Å²) in [6, 6.07) is 10.7. The number of morpholine rings is 1. The number of amides is 1. The molecule has 0 unspecified atom stereocenters. The third-order valence-electron chi connectivity index (χ3n) is 6.43. The molecule has 1 amide bonds. The average molecular weight is 474 g/mol. The lowest BCUT2D eigenvalue weighted by Gasteiger charge is -2.29. The Hall–Kier alpha value is -3.18. The monoisotopic (exact) mass is 473 g/mol. The quantitative estimate of drug-likeness (QED) is 0.555. The molecule has 0 saturated carbocycles. The minimum atomic E-state index is 0.0302. The average Bonchev–Trinajstić information content (AvgIpc) is 2.91. The van der Waals surface area contributed by atoms with E-state index < -0.39 is 0 Å². The van der Waals surface area contributed by atoms with Gasteiger partial charge in [-0.25, -0.2) is 0 Å². The number of allylic oxidation sites excluding steroid dienone is 1. The molecule has 1 aromatic heterocycles. The second kappa shape index (κ2) is 13.1. The Kier molecular flexibility index (Phi) is 9.86. The van der Waals surface area contributed by atoms with Crippen molar-refractivity contribution in [3.63, 3.8) is 0 Å². The number of hydrogen-bond donors (Lipinski definition) is 1. The van der Waals surface area contributed by atoms with Crippen molar-refractivity contribution in [3.05, 3.63) is 76.1 Å². The van der Waals surface area contributed by atoms with Crippen molar-refractivity contribution >= 4 is 29.3 Å². The fourth-order valence-corrected chi connectivity index (χ4v) is 4.38. The van der Waals surface area contributed by atoms with Crippen LogP contribution in [0.4, 0.5) is 5.69 Å². The van der Waals surface area contributed by atoms with Gasteiger partial charge in [-0.3, -0.25) is 9.78 Å². The number of anilines is 1. The minimum Gasteiger partial charge on any atom is -0.378 e. The molecule has 3 heterocycles. The van der Waals surface area contributed by atoms with Crippen LogP contribution in [0.3, 0.4) is 0 Å². The zero-order valence-electron chi connectivity index (χ0n) is 21.9. The van der Waals surface area contributed by atoms with Gasteiger partial charge in [-0.2, -0.15) is 0 Å². The minimum absolute atomic E-state index is 0.0302. The Bertz CT molecular complexity index is 1110. The standard InChI is InChI=1S/C28H33N3O2.C2H6/c1-4-22-9-12-30-28(32)27(22)18-21(3)24-10-11-29-25(19-24)7-5-23-6-8-26(17-20(23)2)31-13-15-33-16-14-31;1-2/h5-8,10-11,17-19H,4,9,12-16H2,1-3H3,(H,30,32);1-2H3/b7-5+,21-18+;. The van der Waals surface area contributed by atoms with Crippen LogP contribution in [0.2, 0.25) is 0 Å². The number of rotatable bonds is 6. The lowest BCUT2D eigenvalue weighted by Crippen LogP contribution is -2.36. The number of nitrogens with zero attached hydrogens (tertiary/aromatic N) is 2. The highest BCUT2D eigenvalue weighted by atomic mass is 16.5. The molecule has 1 aromatic carbocycles. The maximum atomic E-state index is 12.4. The molecule has 5 heteroatoms. The van der Waals surface area contributed by atoms with Gasteiger partial charge < -0.3 is 15.0 Å². The molecule has 2 aromatic rings. The van der Waals surface area contributed by atoms with E-state index in [4.69, 9.17) is 4.74 Å².